The minimum absolute atomic E-state index is 0. The Bertz CT molecular complexity index is 736. The van der Waals surface area contributed by atoms with E-state index >= 15 is 0 Å². The highest BCUT2D eigenvalue weighted by Crippen LogP contribution is 2.16. The van der Waals surface area contributed by atoms with Gasteiger partial charge in [-0.1, -0.05) is 38.1 Å². The molecule has 0 aliphatic carbocycles. The third-order valence-electron chi connectivity index (χ3n) is 4.86. The molecule has 0 spiro atoms. The van der Waals surface area contributed by atoms with Crippen LogP contribution in [0.1, 0.15) is 47.5 Å². The lowest BCUT2D eigenvalue weighted by atomic mass is 10.1. The lowest BCUT2D eigenvalue weighted by Crippen LogP contribution is -2.38. The maximum absolute atomic E-state index is 4.82. The van der Waals surface area contributed by atoms with Gasteiger partial charge in [-0.15, -0.1) is 35.3 Å². The topological polar surface area (TPSA) is 52.6 Å². The molecule has 0 radical (unpaired) electrons. The second-order valence-electron chi connectivity index (χ2n) is 6.85. The molecule has 0 saturated heterocycles. The van der Waals surface area contributed by atoms with Crippen molar-refractivity contribution in [3.8, 4) is 0 Å². The zero-order valence-electron chi connectivity index (χ0n) is 18.4. The summed E-state index contributed by atoms with van der Waals surface area (Å²) in [5.74, 6) is 0.866. The summed E-state index contributed by atoms with van der Waals surface area (Å²) in [6.45, 7) is 16.2. The quantitative estimate of drug-likeness (QED) is 0.270. The van der Waals surface area contributed by atoms with E-state index in [1.54, 1.807) is 11.3 Å². The number of benzene rings is 1. The van der Waals surface area contributed by atoms with Gasteiger partial charge in [-0.2, -0.15) is 0 Å². The van der Waals surface area contributed by atoms with Crippen molar-refractivity contribution in [2.45, 2.75) is 54.1 Å². The zero-order chi connectivity index (χ0) is 20.4. The number of thiazole rings is 1. The number of aromatic nitrogens is 1. The van der Waals surface area contributed by atoms with E-state index in [0.717, 1.165) is 50.8 Å². The smallest absolute Gasteiger partial charge is 0.191 e. The third kappa shape index (κ3) is 8.60. The number of nitrogens with one attached hydrogen (secondary N) is 2. The molecule has 0 unspecified atom stereocenters. The number of halogens is 1. The van der Waals surface area contributed by atoms with Gasteiger partial charge in [-0.3, -0.25) is 4.90 Å². The molecule has 7 heteroatoms. The maximum atomic E-state index is 4.82. The van der Waals surface area contributed by atoms with E-state index in [1.807, 2.05) is 0 Å². The van der Waals surface area contributed by atoms with Crippen LogP contribution in [0.15, 0.2) is 29.3 Å². The standard InChI is InChI=1S/C22H35N5S.HI/c1-6-23-22(24-14-13-21-26-17(4)18(5)28-21)25-15-19-11-9-10-12-20(19)16-27(7-2)8-3;/h9-12H,6-8,13-16H2,1-5H3,(H2,23,24,25);1H. The van der Waals surface area contributed by atoms with Crippen molar-refractivity contribution in [1.29, 1.82) is 0 Å². The minimum Gasteiger partial charge on any atom is -0.357 e. The first kappa shape index (κ1) is 25.8. The Morgan fingerprint density at radius 3 is 2.34 bits per heavy atom. The fraction of sp³-hybridized carbons (Fsp3) is 0.545. The lowest BCUT2D eigenvalue weighted by Gasteiger charge is -2.20. The Balaban J connectivity index is 0.00000420. The van der Waals surface area contributed by atoms with Gasteiger partial charge >= 0.3 is 0 Å². The first-order valence-corrected chi connectivity index (χ1v) is 11.1. The predicted molar refractivity (Wildman–Crippen MR) is 137 cm³/mol. The van der Waals surface area contributed by atoms with Crippen LogP contribution in [0.2, 0.25) is 0 Å². The molecule has 1 aromatic carbocycles. The molecule has 29 heavy (non-hydrogen) atoms. The fourth-order valence-corrected chi connectivity index (χ4v) is 3.93. The number of aliphatic imine (C=N–C) groups is 1. The highest BCUT2D eigenvalue weighted by atomic mass is 127. The largest absolute Gasteiger partial charge is 0.357 e. The van der Waals surface area contributed by atoms with Gasteiger partial charge in [-0.05, 0) is 45.0 Å². The molecule has 0 aliphatic rings. The summed E-state index contributed by atoms with van der Waals surface area (Å²) in [5, 5.41) is 7.98. The molecule has 1 heterocycles. The van der Waals surface area contributed by atoms with Crippen LogP contribution in [0.3, 0.4) is 0 Å². The molecular formula is C22H36IN5S. The fourth-order valence-electron chi connectivity index (χ4n) is 2.99. The Labute approximate surface area is 197 Å². The van der Waals surface area contributed by atoms with E-state index in [1.165, 1.54) is 21.0 Å². The number of guanidine groups is 1. The van der Waals surface area contributed by atoms with Gasteiger partial charge in [0.15, 0.2) is 5.96 Å². The zero-order valence-corrected chi connectivity index (χ0v) is 21.6. The third-order valence-corrected chi connectivity index (χ3v) is 6.00. The van der Waals surface area contributed by atoms with Crippen molar-refractivity contribution in [2.75, 3.05) is 26.2 Å². The molecule has 0 aliphatic heterocycles. The average molecular weight is 530 g/mol. The van der Waals surface area contributed by atoms with Crippen LogP contribution in [0, 0.1) is 13.8 Å². The van der Waals surface area contributed by atoms with E-state index in [2.05, 4.69) is 79.4 Å². The second-order valence-corrected chi connectivity index (χ2v) is 8.14. The maximum Gasteiger partial charge on any atom is 0.191 e. The summed E-state index contributed by atoms with van der Waals surface area (Å²) < 4.78 is 0. The van der Waals surface area contributed by atoms with Gasteiger partial charge in [-0.25, -0.2) is 9.98 Å². The normalized spacial score (nSPS) is 11.4. The van der Waals surface area contributed by atoms with Crippen LogP contribution >= 0.6 is 35.3 Å². The summed E-state index contributed by atoms with van der Waals surface area (Å²) in [6, 6.07) is 8.63. The molecule has 0 bridgehead atoms. The summed E-state index contributed by atoms with van der Waals surface area (Å²) in [7, 11) is 0. The van der Waals surface area contributed by atoms with E-state index in [0.29, 0.717) is 6.54 Å². The summed E-state index contributed by atoms with van der Waals surface area (Å²) in [4.78, 5) is 13.2. The van der Waals surface area contributed by atoms with Crippen molar-refractivity contribution < 1.29 is 0 Å². The SMILES string of the molecule is CCNC(=NCc1ccccc1CN(CC)CC)NCCc1nc(C)c(C)s1.I. The van der Waals surface area contributed by atoms with E-state index in [9.17, 15) is 0 Å². The van der Waals surface area contributed by atoms with Crippen molar-refractivity contribution >= 4 is 41.3 Å². The van der Waals surface area contributed by atoms with Gasteiger partial charge in [0.05, 0.1) is 17.2 Å². The van der Waals surface area contributed by atoms with Crippen molar-refractivity contribution in [1.82, 2.24) is 20.5 Å². The summed E-state index contributed by atoms with van der Waals surface area (Å²) in [5.41, 5.74) is 3.79. The van der Waals surface area contributed by atoms with Gasteiger partial charge in [0.2, 0.25) is 0 Å². The average Bonchev–Trinajstić information content (AvgIpc) is 3.02. The molecule has 1 aromatic heterocycles. The molecule has 0 saturated carbocycles. The van der Waals surface area contributed by atoms with Gasteiger partial charge < -0.3 is 10.6 Å². The first-order chi connectivity index (χ1) is 13.6. The van der Waals surface area contributed by atoms with Crippen LogP contribution in [0.5, 0.6) is 0 Å². The van der Waals surface area contributed by atoms with Crippen LogP contribution in [-0.4, -0.2) is 42.0 Å². The number of hydrogen-bond acceptors (Lipinski definition) is 4. The number of hydrogen-bond donors (Lipinski definition) is 2. The Hall–Kier alpha value is -1.19. The van der Waals surface area contributed by atoms with Crippen molar-refractivity contribution in [3.05, 3.63) is 51.0 Å². The Morgan fingerprint density at radius 1 is 1.07 bits per heavy atom. The molecule has 2 aromatic rings. The highest BCUT2D eigenvalue weighted by Gasteiger charge is 2.07. The van der Waals surface area contributed by atoms with E-state index in [4.69, 9.17) is 4.99 Å². The lowest BCUT2D eigenvalue weighted by molar-refractivity contribution is 0.295. The van der Waals surface area contributed by atoms with Gasteiger partial charge in [0, 0.05) is 30.9 Å². The molecule has 2 N–H and O–H groups in total. The van der Waals surface area contributed by atoms with Crippen LogP contribution in [0.4, 0.5) is 0 Å². The monoisotopic (exact) mass is 529 g/mol. The molecular weight excluding hydrogens is 493 g/mol. The molecule has 5 nitrogen and oxygen atoms in total. The molecule has 0 fully saturated rings. The van der Waals surface area contributed by atoms with Crippen LogP contribution < -0.4 is 10.6 Å². The van der Waals surface area contributed by atoms with E-state index < -0.39 is 0 Å². The minimum atomic E-state index is 0. The Kier molecular flexibility index (Phi) is 12.4. The molecule has 162 valence electrons. The number of rotatable bonds is 10. The van der Waals surface area contributed by atoms with Crippen LogP contribution in [-0.2, 0) is 19.5 Å². The van der Waals surface area contributed by atoms with Gasteiger partial charge in [0.25, 0.3) is 0 Å². The summed E-state index contributed by atoms with van der Waals surface area (Å²) >= 11 is 1.79. The Morgan fingerprint density at radius 2 is 1.76 bits per heavy atom. The van der Waals surface area contributed by atoms with Crippen molar-refractivity contribution in [2.24, 2.45) is 4.99 Å². The first-order valence-electron chi connectivity index (χ1n) is 10.3. The molecule has 0 atom stereocenters. The van der Waals surface area contributed by atoms with Crippen molar-refractivity contribution in [3.63, 3.8) is 0 Å². The van der Waals surface area contributed by atoms with Gasteiger partial charge in [0.1, 0.15) is 0 Å². The molecule has 0 amide bonds. The second kappa shape index (κ2) is 13.9. The molecule has 2 rings (SSSR count). The van der Waals surface area contributed by atoms with E-state index in [-0.39, 0.29) is 24.0 Å². The predicted octanol–water partition coefficient (Wildman–Crippen LogP) is 4.52. The number of nitrogens with zero attached hydrogens (tertiary/aromatic N) is 3. The number of aryl methyl sites for hydroxylation is 2. The summed E-state index contributed by atoms with van der Waals surface area (Å²) in [6.07, 6.45) is 0.919. The highest BCUT2D eigenvalue weighted by molar-refractivity contribution is 14.0. The van der Waals surface area contributed by atoms with Crippen LogP contribution in [0.25, 0.3) is 0 Å².